The van der Waals surface area contributed by atoms with Crippen molar-refractivity contribution in [2.45, 2.75) is 13.1 Å². The van der Waals surface area contributed by atoms with E-state index in [0.29, 0.717) is 23.6 Å². The molecular weight excluding hydrogens is 408 g/mol. The van der Waals surface area contributed by atoms with Gasteiger partial charge in [-0.1, -0.05) is 6.07 Å². The van der Waals surface area contributed by atoms with Crippen LogP contribution in [0.15, 0.2) is 47.6 Å². The normalized spacial score (nSPS) is 10.4. The Kier molecular flexibility index (Phi) is 7.97. The fraction of sp³-hybridized carbons (Fsp3) is 0.188. The van der Waals surface area contributed by atoms with E-state index in [1.165, 1.54) is 18.2 Å². The molecule has 0 aliphatic rings. The van der Waals surface area contributed by atoms with Gasteiger partial charge in [0.25, 0.3) is 0 Å². The van der Waals surface area contributed by atoms with Crippen LogP contribution in [0.3, 0.4) is 0 Å². The van der Waals surface area contributed by atoms with Gasteiger partial charge in [-0.25, -0.2) is 4.39 Å². The van der Waals surface area contributed by atoms with Crippen molar-refractivity contribution in [1.29, 1.82) is 5.26 Å². The van der Waals surface area contributed by atoms with Crippen LogP contribution in [-0.2, 0) is 13.1 Å². The molecule has 0 amide bonds. The maximum absolute atomic E-state index is 13.7. The second-order valence-electron chi connectivity index (χ2n) is 4.52. The number of halogens is 2. The second kappa shape index (κ2) is 9.74. The van der Waals surface area contributed by atoms with E-state index in [2.05, 4.69) is 20.6 Å². The summed E-state index contributed by atoms with van der Waals surface area (Å²) in [5, 5.41) is 15.0. The van der Waals surface area contributed by atoms with E-state index in [0.717, 1.165) is 5.69 Å². The third-order valence-electron chi connectivity index (χ3n) is 3.01. The summed E-state index contributed by atoms with van der Waals surface area (Å²) < 4.78 is 13.7. The van der Waals surface area contributed by atoms with Crippen LogP contribution in [0.1, 0.15) is 16.8 Å². The lowest BCUT2D eigenvalue weighted by atomic mass is 10.1. The maximum Gasteiger partial charge on any atom is 0.191 e. The molecular formula is C16H17FIN5. The molecule has 2 aromatic rings. The van der Waals surface area contributed by atoms with Crippen molar-refractivity contribution in [2.75, 3.05) is 7.05 Å². The molecule has 0 aliphatic heterocycles. The molecule has 2 N–H and O–H groups in total. The molecule has 2 rings (SSSR count). The standard InChI is InChI=1S/C16H16FN5.HI/c1-19-16(22-11-14-4-2-3-7-20-14)21-10-13-8-12(9-18)5-6-15(13)17;/h2-8H,10-11H2,1H3,(H2,19,21,22);1H. The molecule has 0 unspecified atom stereocenters. The number of nitrogens with zero attached hydrogens (tertiary/aromatic N) is 3. The van der Waals surface area contributed by atoms with Gasteiger partial charge in [-0.05, 0) is 30.3 Å². The molecule has 7 heteroatoms. The summed E-state index contributed by atoms with van der Waals surface area (Å²) >= 11 is 0. The van der Waals surface area contributed by atoms with Crippen molar-refractivity contribution in [3.05, 3.63) is 65.2 Å². The Morgan fingerprint density at radius 3 is 2.70 bits per heavy atom. The van der Waals surface area contributed by atoms with Crippen molar-refractivity contribution < 1.29 is 4.39 Å². The van der Waals surface area contributed by atoms with Crippen LogP contribution in [0.4, 0.5) is 4.39 Å². The third-order valence-corrected chi connectivity index (χ3v) is 3.01. The lowest BCUT2D eigenvalue weighted by molar-refractivity contribution is 0.604. The molecule has 0 saturated heterocycles. The number of nitriles is 1. The van der Waals surface area contributed by atoms with Crippen LogP contribution in [0.2, 0.25) is 0 Å². The van der Waals surface area contributed by atoms with Gasteiger partial charge in [-0.3, -0.25) is 9.98 Å². The van der Waals surface area contributed by atoms with E-state index >= 15 is 0 Å². The molecule has 0 bridgehead atoms. The monoisotopic (exact) mass is 425 g/mol. The number of aliphatic imine (C=N–C) groups is 1. The first kappa shape index (κ1) is 18.8. The van der Waals surface area contributed by atoms with Gasteiger partial charge in [0.1, 0.15) is 5.82 Å². The topological polar surface area (TPSA) is 73.1 Å². The Bertz CT molecular complexity index is 697. The Morgan fingerprint density at radius 2 is 2.04 bits per heavy atom. The van der Waals surface area contributed by atoms with Crippen LogP contribution >= 0.6 is 24.0 Å². The molecule has 5 nitrogen and oxygen atoms in total. The van der Waals surface area contributed by atoms with Gasteiger partial charge >= 0.3 is 0 Å². The quantitative estimate of drug-likeness (QED) is 0.449. The lowest BCUT2D eigenvalue weighted by Gasteiger charge is -2.12. The number of benzene rings is 1. The molecule has 0 atom stereocenters. The minimum atomic E-state index is -0.355. The first-order chi connectivity index (χ1) is 10.7. The number of pyridine rings is 1. The molecule has 1 aromatic carbocycles. The number of guanidine groups is 1. The molecule has 120 valence electrons. The molecule has 0 saturated carbocycles. The van der Waals surface area contributed by atoms with Crippen LogP contribution < -0.4 is 10.6 Å². The molecule has 1 aromatic heterocycles. The molecule has 0 radical (unpaired) electrons. The number of hydrogen-bond acceptors (Lipinski definition) is 3. The predicted octanol–water partition coefficient (Wildman–Crippen LogP) is 2.58. The molecule has 0 spiro atoms. The smallest absolute Gasteiger partial charge is 0.191 e. The SMILES string of the molecule is CN=C(NCc1ccccn1)NCc1cc(C#N)ccc1F.I. The van der Waals surface area contributed by atoms with Crippen molar-refractivity contribution in [1.82, 2.24) is 15.6 Å². The minimum Gasteiger partial charge on any atom is -0.352 e. The summed E-state index contributed by atoms with van der Waals surface area (Å²) in [7, 11) is 1.63. The van der Waals surface area contributed by atoms with Crippen LogP contribution in [0.25, 0.3) is 0 Å². The van der Waals surface area contributed by atoms with Gasteiger partial charge < -0.3 is 10.6 Å². The Hall–Kier alpha value is -2.21. The Labute approximate surface area is 151 Å². The highest BCUT2D eigenvalue weighted by atomic mass is 127. The zero-order valence-corrected chi connectivity index (χ0v) is 14.9. The second-order valence-corrected chi connectivity index (χ2v) is 4.52. The van der Waals surface area contributed by atoms with Crippen molar-refractivity contribution >= 4 is 29.9 Å². The van der Waals surface area contributed by atoms with Gasteiger partial charge in [0, 0.05) is 25.4 Å². The molecule has 23 heavy (non-hydrogen) atoms. The fourth-order valence-electron chi connectivity index (χ4n) is 1.86. The summed E-state index contributed by atoms with van der Waals surface area (Å²) in [5.41, 5.74) is 1.72. The summed E-state index contributed by atoms with van der Waals surface area (Å²) in [6.07, 6.45) is 1.72. The van der Waals surface area contributed by atoms with Gasteiger partial charge in [-0.15, -0.1) is 24.0 Å². The maximum atomic E-state index is 13.7. The van der Waals surface area contributed by atoms with E-state index in [-0.39, 0.29) is 36.3 Å². The van der Waals surface area contributed by atoms with Crippen molar-refractivity contribution in [3.8, 4) is 6.07 Å². The van der Waals surface area contributed by atoms with Gasteiger partial charge in [0.15, 0.2) is 5.96 Å². The Morgan fingerprint density at radius 1 is 1.26 bits per heavy atom. The van der Waals surface area contributed by atoms with Crippen molar-refractivity contribution in [3.63, 3.8) is 0 Å². The summed E-state index contributed by atoms with van der Waals surface area (Å²) in [5.74, 6) is 0.180. The molecule has 1 heterocycles. The summed E-state index contributed by atoms with van der Waals surface area (Å²) in [6, 6.07) is 11.9. The number of nitrogens with one attached hydrogen (secondary N) is 2. The van der Waals surface area contributed by atoms with Crippen LogP contribution in [-0.4, -0.2) is 18.0 Å². The molecule has 0 aliphatic carbocycles. The lowest BCUT2D eigenvalue weighted by Crippen LogP contribution is -2.36. The first-order valence-corrected chi connectivity index (χ1v) is 6.76. The Balaban J connectivity index is 0.00000264. The number of rotatable bonds is 4. The van der Waals surface area contributed by atoms with E-state index in [9.17, 15) is 4.39 Å². The van der Waals surface area contributed by atoms with Crippen LogP contribution in [0.5, 0.6) is 0 Å². The van der Waals surface area contributed by atoms with E-state index < -0.39 is 0 Å². The van der Waals surface area contributed by atoms with Gasteiger partial charge in [0.2, 0.25) is 0 Å². The highest BCUT2D eigenvalue weighted by Crippen LogP contribution is 2.09. The highest BCUT2D eigenvalue weighted by molar-refractivity contribution is 14.0. The van der Waals surface area contributed by atoms with Gasteiger partial charge in [0.05, 0.1) is 23.9 Å². The average molecular weight is 425 g/mol. The number of aromatic nitrogens is 1. The van der Waals surface area contributed by atoms with Crippen molar-refractivity contribution in [2.24, 2.45) is 4.99 Å². The highest BCUT2D eigenvalue weighted by Gasteiger charge is 2.05. The van der Waals surface area contributed by atoms with Crippen LogP contribution in [0, 0.1) is 17.1 Å². The largest absolute Gasteiger partial charge is 0.352 e. The zero-order chi connectivity index (χ0) is 15.8. The average Bonchev–Trinajstić information content (AvgIpc) is 2.57. The molecule has 0 fully saturated rings. The number of hydrogen-bond donors (Lipinski definition) is 2. The zero-order valence-electron chi connectivity index (χ0n) is 12.6. The minimum absolute atomic E-state index is 0. The summed E-state index contributed by atoms with van der Waals surface area (Å²) in [6.45, 7) is 0.754. The first-order valence-electron chi connectivity index (χ1n) is 6.76. The summed E-state index contributed by atoms with van der Waals surface area (Å²) in [4.78, 5) is 8.27. The fourth-order valence-corrected chi connectivity index (χ4v) is 1.86. The third kappa shape index (κ3) is 5.83. The predicted molar refractivity (Wildman–Crippen MR) is 97.8 cm³/mol. The van der Waals surface area contributed by atoms with E-state index in [1.807, 2.05) is 24.3 Å². The van der Waals surface area contributed by atoms with E-state index in [1.54, 1.807) is 13.2 Å². The van der Waals surface area contributed by atoms with Gasteiger partial charge in [-0.2, -0.15) is 5.26 Å². The van der Waals surface area contributed by atoms with E-state index in [4.69, 9.17) is 5.26 Å².